The van der Waals surface area contributed by atoms with E-state index in [1.54, 1.807) is 74.5 Å². The number of nitrogens with zero attached hydrogens (tertiary/aromatic N) is 10. The largest absolute Gasteiger partial charge is 0.494 e. The van der Waals surface area contributed by atoms with Gasteiger partial charge in [-0.3, -0.25) is 18.6 Å². The lowest BCUT2D eigenvalue weighted by molar-refractivity contribution is 0.165. The molecule has 24 nitrogen and oxygen atoms in total. The number of sulfonamides is 2. The zero-order valence-electron chi connectivity index (χ0n) is 39.4. The summed E-state index contributed by atoms with van der Waals surface area (Å²) in [6.45, 7) is 6.00. The van der Waals surface area contributed by atoms with Crippen molar-refractivity contribution in [3.63, 3.8) is 0 Å². The van der Waals surface area contributed by atoms with Gasteiger partial charge in [0.1, 0.15) is 68.6 Å². The second-order valence-electron chi connectivity index (χ2n) is 15.3. The van der Waals surface area contributed by atoms with E-state index in [4.69, 9.17) is 27.8 Å². The summed E-state index contributed by atoms with van der Waals surface area (Å²) in [6, 6.07) is 16.8. The Morgan fingerprint density at radius 1 is 0.542 bits per heavy atom. The number of aryl methyl sites for hydroxylation is 2. The first kappa shape index (κ1) is 51.8. The molecular weight excluding hydrogens is 991 g/mol. The molecule has 72 heavy (non-hydrogen) atoms. The van der Waals surface area contributed by atoms with Crippen molar-refractivity contribution < 1.29 is 63.6 Å². The van der Waals surface area contributed by atoms with Crippen LogP contribution in [0.25, 0.3) is 34.5 Å². The third-order valence-electron chi connectivity index (χ3n) is 10.6. The first-order valence-corrected chi connectivity index (χ1v) is 24.2. The molecule has 8 aromatic rings. The molecule has 6 heterocycles. The lowest BCUT2D eigenvalue weighted by atomic mass is 10.2. The van der Waals surface area contributed by atoms with Gasteiger partial charge in [0.05, 0.1) is 53.2 Å². The average molecular weight is 1040 g/mol. The molecule has 0 aliphatic heterocycles. The van der Waals surface area contributed by atoms with Crippen LogP contribution in [-0.4, -0.2) is 115 Å². The van der Waals surface area contributed by atoms with Crippen LogP contribution in [0.5, 0.6) is 23.0 Å². The quantitative estimate of drug-likeness (QED) is 0.0848. The molecule has 0 spiro atoms. The molecule has 0 amide bonds. The van der Waals surface area contributed by atoms with Crippen LogP contribution in [0, 0.1) is 25.5 Å². The van der Waals surface area contributed by atoms with Crippen molar-refractivity contribution in [3.05, 3.63) is 120 Å². The van der Waals surface area contributed by atoms with Gasteiger partial charge in [0.2, 0.25) is 43.6 Å². The predicted molar refractivity (Wildman–Crippen MR) is 252 cm³/mol. The predicted octanol–water partition coefficient (Wildman–Crippen LogP) is 5.29. The Kier molecular flexibility index (Phi) is 15.5. The number of hydrogen-bond acceptors (Lipinski definition) is 20. The van der Waals surface area contributed by atoms with Crippen LogP contribution in [-0.2, 0) is 20.0 Å². The van der Waals surface area contributed by atoms with Crippen molar-refractivity contribution in [1.82, 2.24) is 49.5 Å². The first-order valence-electron chi connectivity index (χ1n) is 21.1. The molecule has 0 aliphatic rings. The number of aliphatic hydroxyl groups is 2. The van der Waals surface area contributed by atoms with Crippen molar-refractivity contribution in [2.45, 2.75) is 50.4 Å². The molecule has 0 bridgehead atoms. The molecule has 8 rings (SSSR count). The van der Waals surface area contributed by atoms with E-state index in [1.807, 2.05) is 0 Å². The minimum absolute atomic E-state index is 0.165. The molecule has 28 heteroatoms. The number of aliphatic hydroxyl groups excluding tert-OH is 2. The highest BCUT2D eigenvalue weighted by atomic mass is 32.2. The van der Waals surface area contributed by atoms with E-state index in [9.17, 15) is 35.8 Å². The molecule has 380 valence electrons. The van der Waals surface area contributed by atoms with Crippen LogP contribution in [0.15, 0.2) is 94.3 Å². The van der Waals surface area contributed by atoms with E-state index in [0.717, 1.165) is 24.8 Å². The fourth-order valence-electron chi connectivity index (χ4n) is 6.81. The van der Waals surface area contributed by atoms with Gasteiger partial charge in [0.15, 0.2) is 34.8 Å². The number of aromatic nitrogens is 10. The third kappa shape index (κ3) is 10.8. The van der Waals surface area contributed by atoms with Gasteiger partial charge in [-0.1, -0.05) is 12.1 Å². The summed E-state index contributed by atoms with van der Waals surface area (Å²) in [5.74, 6) is 1.12. The van der Waals surface area contributed by atoms with E-state index in [0.29, 0.717) is 57.4 Å². The molecule has 0 radical (unpaired) electrons. The summed E-state index contributed by atoms with van der Waals surface area (Å²) in [5.41, 5.74) is 0.619. The van der Waals surface area contributed by atoms with Crippen molar-refractivity contribution in [2.75, 3.05) is 37.9 Å². The Hall–Kier alpha value is -8.08. The zero-order valence-corrected chi connectivity index (χ0v) is 41.0. The maximum Gasteiger partial charge on any atom is 0.243 e. The second kappa shape index (κ2) is 21.5. The van der Waals surface area contributed by atoms with Crippen LogP contribution in [0.4, 0.5) is 20.7 Å². The maximum atomic E-state index is 13.3. The van der Waals surface area contributed by atoms with Gasteiger partial charge >= 0.3 is 0 Å². The summed E-state index contributed by atoms with van der Waals surface area (Å²) in [4.78, 5) is 14.7. The summed E-state index contributed by atoms with van der Waals surface area (Å²) < 4.78 is 120. The molecule has 6 aromatic heterocycles. The normalized spacial score (nSPS) is 13.3. The number of ether oxygens (including phenoxy) is 4. The van der Waals surface area contributed by atoms with E-state index in [1.165, 1.54) is 51.4 Å². The van der Waals surface area contributed by atoms with Crippen LogP contribution in [0.1, 0.15) is 49.2 Å². The molecule has 4 N–H and O–H groups in total. The van der Waals surface area contributed by atoms with Crippen LogP contribution in [0.3, 0.4) is 0 Å². The van der Waals surface area contributed by atoms with Crippen LogP contribution in [0.2, 0.25) is 0 Å². The Morgan fingerprint density at radius 3 is 1.14 bits per heavy atom. The number of hydrogen-bond donors (Lipinski definition) is 4. The summed E-state index contributed by atoms with van der Waals surface area (Å²) in [6.07, 6.45) is 0.0159. The van der Waals surface area contributed by atoms with Crippen molar-refractivity contribution in [3.8, 4) is 57.5 Å². The fourth-order valence-corrected chi connectivity index (χ4v) is 8.87. The van der Waals surface area contributed by atoms with E-state index in [-0.39, 0.29) is 35.2 Å². The minimum Gasteiger partial charge on any atom is -0.494 e. The minimum atomic E-state index is -4.31. The summed E-state index contributed by atoms with van der Waals surface area (Å²) in [5, 5.41) is 34.5. The van der Waals surface area contributed by atoms with Gasteiger partial charge in [-0.05, 0) is 76.2 Å². The molecule has 0 saturated heterocycles. The number of nitrogens with one attached hydrogen (secondary N) is 2. The fraction of sp³-hybridized carbons (Fsp3) is 0.273. The zero-order chi connectivity index (χ0) is 52.1. The van der Waals surface area contributed by atoms with Crippen molar-refractivity contribution in [2.24, 2.45) is 0 Å². The van der Waals surface area contributed by atoms with Gasteiger partial charge in [0.25, 0.3) is 0 Å². The monoisotopic (exact) mass is 1040 g/mol. The van der Waals surface area contributed by atoms with Gasteiger partial charge in [-0.15, -0.1) is 20.4 Å². The Labute approximate surface area is 409 Å². The van der Waals surface area contributed by atoms with Gasteiger partial charge in [-0.2, -0.15) is 0 Å². The topological polar surface area (TPSA) is 309 Å². The lowest BCUT2D eigenvalue weighted by Crippen LogP contribution is -2.32. The molecule has 0 unspecified atom stereocenters. The number of halogens is 2. The van der Waals surface area contributed by atoms with Crippen molar-refractivity contribution in [1.29, 1.82) is 0 Å². The van der Waals surface area contributed by atoms with Gasteiger partial charge in [-0.25, -0.2) is 45.6 Å². The number of anilines is 2. The summed E-state index contributed by atoms with van der Waals surface area (Å²) >= 11 is 0. The molecule has 0 fully saturated rings. The number of methoxy groups -OCH3 is 4. The van der Waals surface area contributed by atoms with E-state index >= 15 is 0 Å². The molecule has 2 aromatic carbocycles. The standard InChI is InChI=1S/2C22H23FN6O6S/c2*1-12-8-9-17(35-12)21-26-27-22(29(21)18-15(33-3)6-5-7-16(18)34-4)28-36(31,32)13(2)19(30)20-24-10-14(23)11-25-20/h2*5-11,13,19,30H,1-4H3,(H,27,28)/t2*13-,19+/m00/s1. The number of para-hydroxylation sites is 2. The Bertz CT molecular complexity index is 3120. The Morgan fingerprint density at radius 2 is 0.861 bits per heavy atom. The molecular formula is C44H46F2N12O12S2. The molecule has 0 saturated carbocycles. The van der Waals surface area contributed by atoms with Gasteiger partial charge in [0, 0.05) is 0 Å². The number of benzene rings is 2. The third-order valence-corrected chi connectivity index (χ3v) is 14.1. The number of furan rings is 2. The van der Waals surface area contributed by atoms with Crippen molar-refractivity contribution >= 4 is 31.9 Å². The van der Waals surface area contributed by atoms with Crippen LogP contribution >= 0.6 is 0 Å². The van der Waals surface area contributed by atoms with Gasteiger partial charge < -0.3 is 38.0 Å². The van der Waals surface area contributed by atoms with Crippen LogP contribution < -0.4 is 28.4 Å². The highest BCUT2D eigenvalue weighted by molar-refractivity contribution is 7.93. The molecule has 0 aliphatic carbocycles. The highest BCUT2D eigenvalue weighted by Gasteiger charge is 2.36. The second-order valence-corrected chi connectivity index (χ2v) is 19.4. The van der Waals surface area contributed by atoms with E-state index in [2.05, 4.69) is 49.8 Å². The smallest absolute Gasteiger partial charge is 0.243 e. The maximum absolute atomic E-state index is 13.3. The molecule has 4 atom stereocenters. The van der Waals surface area contributed by atoms with E-state index < -0.39 is 54.4 Å². The first-order chi connectivity index (χ1) is 34.3. The summed E-state index contributed by atoms with van der Waals surface area (Å²) in [7, 11) is -2.83. The average Bonchev–Trinajstić information content (AvgIpc) is 4.20. The highest BCUT2D eigenvalue weighted by Crippen LogP contribution is 2.40. The number of rotatable bonds is 18. The SMILES string of the molecule is COc1cccc(OC)c1-n1c(NS(=O)(=O)[C@@H](C)[C@@H](O)c2ncc(F)cn2)nnc1-c1ccc(C)o1.COc1cccc(OC)c1-n1c(NS(=O)(=O)[C@@H](C)[C@@H](O)c2ncc(F)cn2)nnc1-c1ccc(C)o1. The Balaban J connectivity index is 0.000000211. The lowest BCUT2D eigenvalue weighted by Gasteiger charge is -2.20.